The number of rotatable bonds is 0. The molecule has 0 aliphatic heterocycles. The van der Waals surface area contributed by atoms with Crippen molar-refractivity contribution in [3.63, 3.8) is 0 Å². The molecule has 89 heavy (non-hydrogen) atoms. The zero-order chi connectivity index (χ0) is 64.0. The monoisotopic (exact) mass is 2180 g/mol. The van der Waals surface area contributed by atoms with Crippen LogP contribution in [0.3, 0.4) is 0 Å². The average Bonchev–Trinajstić information content (AvgIpc) is 1.61. The van der Waals surface area contributed by atoms with Crippen LogP contribution in [0.15, 0.2) is 133 Å². The fraction of sp³-hybridized carbons (Fsp3) is 0.301. The van der Waals surface area contributed by atoms with Crippen molar-refractivity contribution >= 4 is 72.4 Å². The first kappa shape index (κ1) is 64.3. The van der Waals surface area contributed by atoms with E-state index in [2.05, 4.69) is 258 Å². The first-order valence-electron chi connectivity index (χ1n) is 31.4. The predicted octanol–water partition coefficient (Wildman–Crippen LogP) is 21.6. The van der Waals surface area contributed by atoms with Crippen molar-refractivity contribution in [2.75, 3.05) is 0 Å². The Hall–Kier alpha value is -3.41. The van der Waals surface area contributed by atoms with E-state index in [-0.39, 0.29) is 32.5 Å². The van der Waals surface area contributed by atoms with Gasteiger partial charge in [0.15, 0.2) is 0 Å². The summed E-state index contributed by atoms with van der Waals surface area (Å²) in [5, 5.41) is 17.3. The summed E-state index contributed by atoms with van der Waals surface area (Å²) in [5.41, 5.74) is 27.3. The van der Waals surface area contributed by atoms with Crippen LogP contribution in [-0.4, -0.2) is 7.80 Å². The van der Waals surface area contributed by atoms with Crippen LogP contribution in [0.5, 0.6) is 0 Å². The Kier molecular flexibility index (Phi) is 16.0. The van der Waals surface area contributed by atoms with Crippen molar-refractivity contribution in [3.05, 3.63) is 214 Å². The topological polar surface area (TPSA) is 0 Å². The van der Waals surface area contributed by atoms with Crippen molar-refractivity contribution in [3.8, 4) is 33.4 Å². The number of hydrogen-bond acceptors (Lipinski definition) is 0. The molecule has 0 saturated heterocycles. The van der Waals surface area contributed by atoms with E-state index in [0.29, 0.717) is 0 Å². The molecule has 0 saturated carbocycles. The average molecular weight is 2180 g/mol. The summed E-state index contributed by atoms with van der Waals surface area (Å²) >= 11 is 9.41. The van der Waals surface area contributed by atoms with E-state index >= 15 is 0 Å². The van der Waals surface area contributed by atoms with Gasteiger partial charge in [0, 0.05) is 0 Å². The third kappa shape index (κ3) is 11.0. The molecule has 12 aromatic rings. The number of benzene rings is 8. The second-order valence-electron chi connectivity index (χ2n) is 31.9. The molecule has 0 radical (unpaired) electrons. The summed E-state index contributed by atoms with van der Waals surface area (Å²) in [6, 6.07) is 53.3. The summed E-state index contributed by atoms with van der Waals surface area (Å²) in [4.78, 5) is 0. The Balaban J connectivity index is 0.000000127. The summed E-state index contributed by atoms with van der Waals surface area (Å²) in [6.07, 6.45) is 1.04. The van der Waals surface area contributed by atoms with E-state index in [1.165, 1.54) is 187 Å². The van der Waals surface area contributed by atoms with Gasteiger partial charge < -0.3 is 0 Å². The van der Waals surface area contributed by atoms with E-state index in [1.54, 1.807) is 116 Å². The first-order chi connectivity index (χ1) is 41.4. The van der Waals surface area contributed by atoms with Crippen molar-refractivity contribution in [2.24, 2.45) is 0 Å². The van der Waals surface area contributed by atoms with Gasteiger partial charge in [-0.15, -0.1) is 0 Å². The number of hydrogen-bond donors (Lipinski definition) is 0. The van der Waals surface area contributed by atoms with Gasteiger partial charge in [0.2, 0.25) is 0 Å². The zero-order valence-electron chi connectivity index (χ0n) is 54.9. The normalized spacial score (nSPS) is 13.9. The SMILES string of the molecule is CC(C)(C)c1cc2cc3[c](=[W])c(C(C)(C)C)cc3cc2[c]1=[W].CC(C)(C)c1ccc2c(c1)[C](=[W])c1cc3c(cc1-2)Cc1cc2c(cc1-3)[C](=[W])c1cc(C(C)(C)C)ccc1-2.CC(C)(C)c1ccc2c(c1)[c](=[W])c1cc3c(cc12)[c](=[W])c1cc(C(C)(C)C)ccc13. The van der Waals surface area contributed by atoms with Crippen LogP contribution in [0.4, 0.5) is 0 Å². The van der Waals surface area contributed by atoms with E-state index < -0.39 is 0 Å². The van der Waals surface area contributed by atoms with Crippen LogP contribution >= 0.6 is 0 Å². The molecule has 0 N–H and O–H groups in total. The van der Waals surface area contributed by atoms with Crippen molar-refractivity contribution < 1.29 is 116 Å². The van der Waals surface area contributed by atoms with E-state index in [9.17, 15) is 0 Å². The molecule has 446 valence electrons. The number of fused-ring (bicyclic) bond motifs is 17. The quantitative estimate of drug-likeness (QED) is 0.142. The molecule has 3 aliphatic rings. The van der Waals surface area contributed by atoms with Crippen LogP contribution in [0.1, 0.15) is 191 Å². The van der Waals surface area contributed by atoms with Gasteiger partial charge in [-0.25, -0.2) is 0 Å². The fourth-order valence-corrected chi connectivity index (χ4v) is 22.7. The summed E-state index contributed by atoms with van der Waals surface area (Å²) in [6.45, 7) is 41.6. The Bertz CT molecular complexity index is 4990. The van der Waals surface area contributed by atoms with Gasteiger partial charge in [-0.05, 0) is 0 Å². The second kappa shape index (κ2) is 22.1. The summed E-state index contributed by atoms with van der Waals surface area (Å²) < 4.78 is 9.07. The minimum atomic E-state index is 0.169. The van der Waals surface area contributed by atoms with E-state index in [4.69, 9.17) is 0 Å². The van der Waals surface area contributed by atoms with Crippen molar-refractivity contribution in [1.29, 1.82) is 0 Å². The van der Waals surface area contributed by atoms with Crippen LogP contribution in [0.25, 0.3) is 98.0 Å². The minimum absolute atomic E-state index is 0.169. The van der Waals surface area contributed by atoms with E-state index in [1.807, 2.05) is 0 Å². The van der Waals surface area contributed by atoms with Gasteiger partial charge >= 0.3 is 600 Å². The Morgan fingerprint density at radius 1 is 0.225 bits per heavy atom. The molecule has 6 heteroatoms. The van der Waals surface area contributed by atoms with Crippen LogP contribution < -0.4 is 0 Å². The fourth-order valence-electron chi connectivity index (χ4n) is 14.0. The second-order valence-corrected chi connectivity index (χ2v) is 40.7. The molecule has 12 aromatic carbocycles. The van der Waals surface area contributed by atoms with Gasteiger partial charge in [-0.1, -0.05) is 0 Å². The van der Waals surface area contributed by atoms with Gasteiger partial charge in [0.1, 0.15) is 0 Å². The molecule has 0 unspecified atom stereocenters. The zero-order valence-corrected chi connectivity index (χ0v) is 72.5. The van der Waals surface area contributed by atoms with Crippen molar-refractivity contribution in [2.45, 2.75) is 164 Å². The molecule has 0 aromatic heterocycles. The molecule has 0 bridgehead atoms. The molecule has 0 fully saturated rings. The first-order valence-corrected chi connectivity index (χ1v) is 40.2. The molecular weight excluding hydrogens is 2100 g/mol. The van der Waals surface area contributed by atoms with E-state index in [0.717, 1.165) is 6.42 Å². The molecule has 0 nitrogen and oxygen atoms in total. The molecule has 0 spiro atoms. The summed E-state index contributed by atoms with van der Waals surface area (Å²) in [5.74, 6) is 0. The molecule has 15 rings (SSSR count). The Morgan fingerprint density at radius 3 is 0.876 bits per heavy atom. The standard InChI is InChI=1S/C35H30.C28H26.C20H22.6W/c1-34(2,3)26-7-9-28-20(14-26)11-22-18-32-24(16-30(22)28)13-25-17-31-23(19-33(25)32)12-21-15-27(35(4,5)6)8-10-29(21)31;1-27(2,3)21-7-9-23-17(13-21)11-19-15-26-20(16-25(19)23)12-18-14-22(28(4,5)6)8-10-24(18)26;1-19(2,3)17-9-13-7-15-11-18(20(4,5)6)12-16(15)8-14(13)10-17;;;;;;/h7-10,14-19H,13H2,1-6H3;7-10,13-16H,1-6H3;7-9,12H,1-6H3;;;;;;. The third-order valence-corrected chi connectivity index (χ3v) is 28.9. The molecule has 0 atom stereocenters. The molecular formula is C83H78W6. The van der Waals surface area contributed by atoms with Gasteiger partial charge in [-0.2, -0.15) is 0 Å². The van der Waals surface area contributed by atoms with Crippen molar-refractivity contribution in [1.82, 2.24) is 0 Å². The predicted molar refractivity (Wildman–Crippen MR) is 360 cm³/mol. The van der Waals surface area contributed by atoms with Gasteiger partial charge in [0.25, 0.3) is 0 Å². The van der Waals surface area contributed by atoms with Crippen LogP contribution in [-0.2, 0) is 155 Å². The third-order valence-electron chi connectivity index (χ3n) is 19.4. The Morgan fingerprint density at radius 2 is 0.539 bits per heavy atom. The maximum absolute atomic E-state index is 2.52. The maximum atomic E-state index is 2.52. The van der Waals surface area contributed by atoms with Gasteiger partial charge in [0.05, 0.1) is 0 Å². The van der Waals surface area contributed by atoms with Crippen LogP contribution in [0, 0.1) is 14.2 Å². The van der Waals surface area contributed by atoms with Gasteiger partial charge in [-0.3, -0.25) is 0 Å². The molecule has 0 amide bonds. The summed E-state index contributed by atoms with van der Waals surface area (Å²) in [7, 11) is 0. The van der Waals surface area contributed by atoms with Crippen LogP contribution in [0.2, 0.25) is 0 Å². The Labute approximate surface area is 593 Å². The molecule has 0 heterocycles. The molecule has 3 aliphatic carbocycles.